The predicted octanol–water partition coefficient (Wildman–Crippen LogP) is 2.68. The molecule has 0 aliphatic carbocycles. The van der Waals surface area contributed by atoms with Gasteiger partial charge in [-0.2, -0.15) is 5.10 Å². The van der Waals surface area contributed by atoms with Crippen LogP contribution in [0.3, 0.4) is 0 Å². The molecule has 0 spiro atoms. The number of methoxy groups -OCH3 is 1. The molecule has 2 aromatic heterocycles. The number of hydrogen-bond donors (Lipinski definition) is 1. The minimum Gasteiger partial charge on any atom is -0.452 e. The van der Waals surface area contributed by atoms with Crippen LogP contribution in [0.5, 0.6) is 0 Å². The molecule has 2 atom stereocenters. The van der Waals surface area contributed by atoms with E-state index in [1.165, 1.54) is 7.11 Å². The molecule has 0 radical (unpaired) electrons. The number of aromatic nitrogens is 4. The number of aryl methyl sites for hydroxylation is 3. The third-order valence-corrected chi connectivity index (χ3v) is 6.94. The summed E-state index contributed by atoms with van der Waals surface area (Å²) in [7, 11) is 1.40. The summed E-state index contributed by atoms with van der Waals surface area (Å²) in [5, 5.41) is 7.32. The number of carbonyl (C=O) groups is 2. The van der Waals surface area contributed by atoms with E-state index in [1.807, 2.05) is 40.6 Å². The van der Waals surface area contributed by atoms with E-state index in [-0.39, 0.29) is 30.7 Å². The Balaban J connectivity index is 1.47. The van der Waals surface area contributed by atoms with Crippen molar-refractivity contribution >= 4 is 28.7 Å². The number of ether oxygens (including phenoxy) is 2. The molecule has 4 heterocycles. The van der Waals surface area contributed by atoms with Crippen LogP contribution >= 0.6 is 0 Å². The topological polar surface area (TPSA) is 104 Å². The average molecular weight is 481 g/mol. The van der Waals surface area contributed by atoms with Crippen molar-refractivity contribution in [1.29, 1.82) is 0 Å². The van der Waals surface area contributed by atoms with Crippen molar-refractivity contribution < 1.29 is 19.1 Å². The van der Waals surface area contributed by atoms with Gasteiger partial charge >= 0.3 is 6.09 Å². The first kappa shape index (κ1) is 23.3. The van der Waals surface area contributed by atoms with Crippen LogP contribution < -0.4 is 10.2 Å². The Morgan fingerprint density at radius 3 is 2.91 bits per heavy atom. The Bertz CT molecular complexity index is 1200. The van der Waals surface area contributed by atoms with Crippen LogP contribution in [0.4, 0.5) is 10.5 Å². The van der Waals surface area contributed by atoms with E-state index in [0.29, 0.717) is 19.5 Å². The van der Waals surface area contributed by atoms with Crippen LogP contribution in [0.25, 0.3) is 11.0 Å². The van der Waals surface area contributed by atoms with Crippen LogP contribution in [-0.4, -0.2) is 63.7 Å². The van der Waals surface area contributed by atoms with Gasteiger partial charge in [-0.25, -0.2) is 9.78 Å². The highest BCUT2D eigenvalue weighted by Crippen LogP contribution is 2.36. The van der Waals surface area contributed by atoms with Gasteiger partial charge in [-0.05, 0) is 50.8 Å². The minimum atomic E-state index is -0.371. The van der Waals surface area contributed by atoms with Gasteiger partial charge in [-0.15, -0.1) is 0 Å². The predicted molar refractivity (Wildman–Crippen MR) is 130 cm³/mol. The highest BCUT2D eigenvalue weighted by Gasteiger charge is 2.31. The highest BCUT2D eigenvalue weighted by atomic mass is 16.5. The molecule has 0 unspecified atom stereocenters. The quantitative estimate of drug-likeness (QED) is 0.558. The Morgan fingerprint density at radius 2 is 2.17 bits per heavy atom. The molecule has 1 N–H and O–H groups in total. The third kappa shape index (κ3) is 4.75. The molecule has 3 aromatic rings. The van der Waals surface area contributed by atoms with Crippen molar-refractivity contribution in [3.8, 4) is 0 Å². The highest BCUT2D eigenvalue weighted by molar-refractivity contribution is 5.95. The van der Waals surface area contributed by atoms with Crippen molar-refractivity contribution in [2.45, 2.75) is 64.3 Å². The van der Waals surface area contributed by atoms with Gasteiger partial charge in [0.15, 0.2) is 0 Å². The maximum absolute atomic E-state index is 12.9. The number of hydrogen-bond acceptors (Lipinski definition) is 6. The Kier molecular flexibility index (Phi) is 6.72. The zero-order chi connectivity index (χ0) is 24.4. The first-order valence-electron chi connectivity index (χ1n) is 12.3. The molecular formula is C25H32N6O4. The average Bonchev–Trinajstić information content (AvgIpc) is 3.63. The zero-order valence-electron chi connectivity index (χ0n) is 20.3. The van der Waals surface area contributed by atoms with Gasteiger partial charge in [0.05, 0.1) is 29.9 Å². The summed E-state index contributed by atoms with van der Waals surface area (Å²) in [4.78, 5) is 32.1. The second-order valence-corrected chi connectivity index (χ2v) is 9.23. The number of imidazole rings is 1. The summed E-state index contributed by atoms with van der Waals surface area (Å²) < 4.78 is 14.5. The number of fused-ring (bicyclic) bond motifs is 3. The van der Waals surface area contributed by atoms with Crippen molar-refractivity contribution in [1.82, 2.24) is 24.6 Å². The van der Waals surface area contributed by atoms with Crippen LogP contribution in [-0.2, 0) is 40.2 Å². The normalized spacial score (nSPS) is 19.7. The fourth-order valence-corrected chi connectivity index (χ4v) is 5.10. The monoisotopic (exact) mass is 480 g/mol. The van der Waals surface area contributed by atoms with E-state index in [9.17, 15) is 9.59 Å². The van der Waals surface area contributed by atoms with Crippen molar-refractivity contribution in [2.75, 3.05) is 25.2 Å². The SMILES string of the molecule is COC(=O)N1c2ccc3c(nc(CCn4cccn4)n3CC(=O)NC[C@H]3CCCO3)c2CC[C@@H]1C. The molecule has 0 bridgehead atoms. The Labute approximate surface area is 204 Å². The third-order valence-electron chi connectivity index (χ3n) is 6.94. The lowest BCUT2D eigenvalue weighted by Gasteiger charge is -2.34. The van der Waals surface area contributed by atoms with Gasteiger partial charge in [-0.3, -0.25) is 14.4 Å². The lowest BCUT2D eigenvalue weighted by Crippen LogP contribution is -2.42. The Hall–Kier alpha value is -3.40. The number of carbonyl (C=O) groups excluding carboxylic acids is 2. The van der Waals surface area contributed by atoms with E-state index < -0.39 is 0 Å². The Morgan fingerprint density at radius 1 is 1.29 bits per heavy atom. The van der Waals surface area contributed by atoms with E-state index >= 15 is 0 Å². The van der Waals surface area contributed by atoms with Crippen LogP contribution in [0.2, 0.25) is 0 Å². The molecule has 2 amide bonds. The number of rotatable bonds is 7. The molecule has 5 rings (SSSR count). The molecule has 35 heavy (non-hydrogen) atoms. The van der Waals surface area contributed by atoms with Crippen LogP contribution in [0.1, 0.15) is 37.6 Å². The standard InChI is InChI=1S/C25H32N6O4/c1-17-6-7-19-20(31(17)25(33)34-2)8-9-21-24(19)28-22(10-13-29-12-4-11-27-29)30(21)16-23(32)26-15-18-5-3-14-35-18/h4,8-9,11-12,17-18H,3,5-7,10,13-16H2,1-2H3,(H,26,32)/t17-,18+/m0/s1. The van der Waals surface area contributed by atoms with Crippen molar-refractivity contribution in [2.24, 2.45) is 0 Å². The number of amides is 2. The first-order valence-corrected chi connectivity index (χ1v) is 12.3. The van der Waals surface area contributed by atoms with Gasteiger partial charge in [-0.1, -0.05) is 0 Å². The number of benzene rings is 1. The molecule has 2 aliphatic rings. The molecule has 0 saturated carbocycles. The molecule has 2 aliphatic heterocycles. The smallest absolute Gasteiger partial charge is 0.414 e. The summed E-state index contributed by atoms with van der Waals surface area (Å²) in [5.41, 5.74) is 3.58. The van der Waals surface area contributed by atoms with Gasteiger partial charge in [0, 0.05) is 50.1 Å². The number of anilines is 1. The second-order valence-electron chi connectivity index (χ2n) is 9.23. The maximum Gasteiger partial charge on any atom is 0.414 e. The molecule has 1 aromatic carbocycles. The number of nitrogens with one attached hydrogen (secondary N) is 1. The van der Waals surface area contributed by atoms with Gasteiger partial charge in [0.25, 0.3) is 0 Å². The molecule has 1 fully saturated rings. The van der Waals surface area contributed by atoms with Crippen molar-refractivity contribution in [3.05, 3.63) is 42.0 Å². The maximum atomic E-state index is 12.9. The summed E-state index contributed by atoms with van der Waals surface area (Å²) >= 11 is 0. The second kappa shape index (κ2) is 10.1. The fourth-order valence-electron chi connectivity index (χ4n) is 5.10. The zero-order valence-corrected chi connectivity index (χ0v) is 20.3. The largest absolute Gasteiger partial charge is 0.452 e. The van der Waals surface area contributed by atoms with E-state index in [2.05, 4.69) is 10.4 Å². The van der Waals surface area contributed by atoms with Crippen molar-refractivity contribution in [3.63, 3.8) is 0 Å². The number of nitrogens with zero attached hydrogens (tertiary/aromatic N) is 5. The summed E-state index contributed by atoms with van der Waals surface area (Å²) in [6.07, 6.45) is 7.66. The first-order chi connectivity index (χ1) is 17.0. The fraction of sp³-hybridized carbons (Fsp3) is 0.520. The lowest BCUT2D eigenvalue weighted by molar-refractivity contribution is -0.122. The molecular weight excluding hydrogens is 448 g/mol. The summed E-state index contributed by atoms with van der Waals surface area (Å²) in [6.45, 7) is 4.14. The van der Waals surface area contributed by atoms with E-state index in [4.69, 9.17) is 14.5 Å². The summed E-state index contributed by atoms with van der Waals surface area (Å²) in [6, 6.07) is 5.84. The van der Waals surface area contributed by atoms with Crippen LogP contribution in [0, 0.1) is 0 Å². The summed E-state index contributed by atoms with van der Waals surface area (Å²) in [5.74, 6) is 0.752. The van der Waals surface area contributed by atoms with Crippen LogP contribution in [0.15, 0.2) is 30.6 Å². The molecule has 186 valence electrons. The van der Waals surface area contributed by atoms with Gasteiger partial charge in [0.1, 0.15) is 12.4 Å². The van der Waals surface area contributed by atoms with Gasteiger partial charge in [0.2, 0.25) is 5.91 Å². The molecule has 10 heteroatoms. The van der Waals surface area contributed by atoms with Gasteiger partial charge < -0.3 is 19.4 Å². The minimum absolute atomic E-state index is 0.0392. The van der Waals surface area contributed by atoms with E-state index in [0.717, 1.165) is 60.4 Å². The molecule has 10 nitrogen and oxygen atoms in total. The van der Waals surface area contributed by atoms with E-state index in [1.54, 1.807) is 11.1 Å². The lowest BCUT2D eigenvalue weighted by atomic mass is 9.96. The molecule has 1 saturated heterocycles.